The molecule has 86 valence electrons. The summed E-state index contributed by atoms with van der Waals surface area (Å²) in [6.07, 6.45) is -5.77. The molecule has 6 heteroatoms. The lowest BCUT2D eigenvalue weighted by atomic mass is 9.81. The van der Waals surface area contributed by atoms with E-state index in [1.807, 2.05) is 0 Å². The summed E-state index contributed by atoms with van der Waals surface area (Å²) in [6.45, 7) is 0. The fourth-order valence-corrected chi connectivity index (χ4v) is 1.29. The fraction of sp³-hybridized carbons (Fsp3) is 0.200. The molecule has 0 radical (unpaired) electrons. The molecule has 0 aliphatic carbocycles. The minimum absolute atomic E-state index is 0.593. The number of alkyl halides is 3. The number of rotatable bonds is 3. The average molecular weight is 232 g/mol. The zero-order valence-electron chi connectivity index (χ0n) is 7.86. The Morgan fingerprint density at radius 1 is 1.19 bits per heavy atom. The van der Waals surface area contributed by atoms with Gasteiger partial charge in [-0.1, -0.05) is 30.3 Å². The molecule has 3 nitrogen and oxygen atoms in total. The number of aliphatic carboxylic acids is 1. The van der Waals surface area contributed by atoms with E-state index in [1.54, 1.807) is 0 Å². The molecule has 0 aromatic heterocycles. The third kappa shape index (κ3) is 1.66. The molecule has 0 saturated carbocycles. The monoisotopic (exact) mass is 232 g/mol. The summed E-state index contributed by atoms with van der Waals surface area (Å²) in [6, 6.07) is 5.81. The van der Waals surface area contributed by atoms with E-state index in [4.69, 9.17) is 5.11 Å². The van der Waals surface area contributed by atoms with Crippen LogP contribution in [-0.4, -0.2) is 23.5 Å². The third-order valence-corrected chi connectivity index (χ3v) is 2.19. The van der Waals surface area contributed by atoms with Gasteiger partial charge in [-0.05, 0) is 5.56 Å². The molecule has 0 spiro atoms. The molecule has 0 aliphatic heterocycles. The summed E-state index contributed by atoms with van der Waals surface area (Å²) < 4.78 is 38.1. The van der Waals surface area contributed by atoms with Gasteiger partial charge in [0.2, 0.25) is 5.41 Å². The predicted molar refractivity (Wildman–Crippen MR) is 47.9 cm³/mol. The average Bonchev–Trinajstić information content (AvgIpc) is 2.18. The molecule has 0 fully saturated rings. The number of hydrogen-bond acceptors (Lipinski definition) is 2. The van der Waals surface area contributed by atoms with Gasteiger partial charge in [-0.3, -0.25) is 4.79 Å². The van der Waals surface area contributed by atoms with E-state index in [-0.39, 0.29) is 0 Å². The van der Waals surface area contributed by atoms with E-state index in [9.17, 15) is 22.8 Å². The van der Waals surface area contributed by atoms with Crippen molar-refractivity contribution in [1.29, 1.82) is 0 Å². The van der Waals surface area contributed by atoms with Crippen LogP contribution in [0.1, 0.15) is 5.56 Å². The van der Waals surface area contributed by atoms with Crippen molar-refractivity contribution in [2.45, 2.75) is 11.6 Å². The molecular formula is C10H7F3O3. The zero-order valence-corrected chi connectivity index (χ0v) is 7.86. The van der Waals surface area contributed by atoms with Gasteiger partial charge >= 0.3 is 12.1 Å². The first kappa shape index (κ1) is 12.2. The Labute approximate surface area is 88.5 Å². The summed E-state index contributed by atoms with van der Waals surface area (Å²) in [4.78, 5) is 21.4. The Kier molecular flexibility index (Phi) is 3.02. The standard InChI is InChI=1S/C10H7F3O3/c11-10(12,13)9(6-14,8(15)16)7-4-2-1-3-5-7/h1-6H,(H,15,16). The highest BCUT2D eigenvalue weighted by Crippen LogP contribution is 2.39. The van der Waals surface area contributed by atoms with Crippen LogP contribution in [0.4, 0.5) is 13.2 Å². The van der Waals surface area contributed by atoms with Crippen LogP contribution in [0.25, 0.3) is 0 Å². The van der Waals surface area contributed by atoms with Crippen molar-refractivity contribution in [2.75, 3.05) is 0 Å². The maximum Gasteiger partial charge on any atom is 0.415 e. The summed E-state index contributed by atoms with van der Waals surface area (Å²) in [5.41, 5.74) is -4.10. The smallest absolute Gasteiger partial charge is 0.415 e. The molecule has 1 atom stereocenters. The Balaban J connectivity index is 3.48. The number of carbonyl (C=O) groups excluding carboxylic acids is 1. The number of aldehydes is 1. The largest absolute Gasteiger partial charge is 0.480 e. The zero-order chi connectivity index (χ0) is 12.4. The second-order valence-corrected chi connectivity index (χ2v) is 3.09. The normalized spacial score (nSPS) is 15.2. The van der Waals surface area contributed by atoms with E-state index in [2.05, 4.69) is 0 Å². The summed E-state index contributed by atoms with van der Waals surface area (Å²) in [5.74, 6) is -2.24. The van der Waals surface area contributed by atoms with E-state index in [0.717, 1.165) is 12.1 Å². The van der Waals surface area contributed by atoms with Gasteiger partial charge in [0, 0.05) is 0 Å². The Bertz CT molecular complexity index is 400. The molecule has 1 unspecified atom stereocenters. The maximum absolute atomic E-state index is 12.7. The van der Waals surface area contributed by atoms with Crippen LogP contribution in [0.5, 0.6) is 0 Å². The van der Waals surface area contributed by atoms with Gasteiger partial charge < -0.3 is 9.90 Å². The van der Waals surface area contributed by atoms with E-state index >= 15 is 0 Å². The lowest BCUT2D eigenvalue weighted by molar-refractivity contribution is -0.200. The molecule has 0 heterocycles. The van der Waals surface area contributed by atoms with Gasteiger partial charge in [0.25, 0.3) is 0 Å². The second-order valence-electron chi connectivity index (χ2n) is 3.09. The second kappa shape index (κ2) is 3.96. The van der Waals surface area contributed by atoms with Gasteiger partial charge in [-0.15, -0.1) is 0 Å². The molecule has 1 N–H and O–H groups in total. The van der Waals surface area contributed by atoms with Crippen LogP contribution in [0, 0.1) is 0 Å². The Morgan fingerprint density at radius 3 is 2.00 bits per heavy atom. The highest BCUT2D eigenvalue weighted by molar-refractivity contribution is 6.00. The highest BCUT2D eigenvalue weighted by Gasteiger charge is 2.62. The van der Waals surface area contributed by atoms with Gasteiger partial charge in [-0.2, -0.15) is 13.2 Å². The van der Waals surface area contributed by atoms with Crippen molar-refractivity contribution in [3.05, 3.63) is 35.9 Å². The maximum atomic E-state index is 12.7. The van der Waals surface area contributed by atoms with Crippen molar-refractivity contribution in [1.82, 2.24) is 0 Å². The van der Waals surface area contributed by atoms with Crippen LogP contribution in [0.3, 0.4) is 0 Å². The van der Waals surface area contributed by atoms with Gasteiger partial charge in [0.15, 0.2) is 6.29 Å². The van der Waals surface area contributed by atoms with E-state index in [0.29, 0.717) is 0 Å². The van der Waals surface area contributed by atoms with Crippen molar-refractivity contribution < 1.29 is 27.9 Å². The first-order chi connectivity index (χ1) is 7.36. The molecule has 0 bridgehead atoms. The quantitative estimate of drug-likeness (QED) is 0.638. The SMILES string of the molecule is O=CC(C(=O)O)(c1ccccc1)C(F)(F)F. The molecule has 16 heavy (non-hydrogen) atoms. The number of carboxylic acids is 1. The van der Waals surface area contributed by atoms with Crippen molar-refractivity contribution in [2.24, 2.45) is 0 Å². The van der Waals surface area contributed by atoms with Crippen LogP contribution in [0.2, 0.25) is 0 Å². The number of carbonyl (C=O) groups is 2. The minimum Gasteiger partial charge on any atom is -0.480 e. The van der Waals surface area contributed by atoms with Crippen LogP contribution >= 0.6 is 0 Å². The van der Waals surface area contributed by atoms with Gasteiger partial charge in [0.1, 0.15) is 0 Å². The summed E-state index contributed by atoms with van der Waals surface area (Å²) >= 11 is 0. The first-order valence-corrected chi connectivity index (χ1v) is 4.18. The summed E-state index contributed by atoms with van der Waals surface area (Å²) in [5, 5.41) is 8.66. The molecule has 0 amide bonds. The van der Waals surface area contributed by atoms with Gasteiger partial charge in [0.05, 0.1) is 0 Å². The molecular weight excluding hydrogens is 225 g/mol. The van der Waals surface area contributed by atoms with Crippen molar-refractivity contribution in [3.8, 4) is 0 Å². The van der Waals surface area contributed by atoms with E-state index in [1.165, 1.54) is 18.2 Å². The lowest BCUT2D eigenvalue weighted by Crippen LogP contribution is -2.50. The van der Waals surface area contributed by atoms with Gasteiger partial charge in [-0.25, -0.2) is 0 Å². The fourth-order valence-electron chi connectivity index (χ4n) is 1.29. The predicted octanol–water partition coefficient (Wildman–Crippen LogP) is 1.77. The lowest BCUT2D eigenvalue weighted by Gasteiger charge is -2.26. The topological polar surface area (TPSA) is 54.4 Å². The molecule has 1 aromatic rings. The van der Waals surface area contributed by atoms with Crippen LogP contribution < -0.4 is 0 Å². The number of carboxylic acid groups (broad SMARTS) is 1. The van der Waals surface area contributed by atoms with E-state index < -0.39 is 29.4 Å². The molecule has 0 aliphatic rings. The number of hydrogen-bond donors (Lipinski definition) is 1. The number of halogens is 3. The van der Waals surface area contributed by atoms with Crippen LogP contribution in [0.15, 0.2) is 30.3 Å². The summed E-state index contributed by atoms with van der Waals surface area (Å²) in [7, 11) is 0. The number of benzene rings is 1. The van der Waals surface area contributed by atoms with Crippen LogP contribution in [-0.2, 0) is 15.0 Å². The Morgan fingerprint density at radius 2 is 1.69 bits per heavy atom. The molecule has 0 saturated heterocycles. The van der Waals surface area contributed by atoms with Crippen molar-refractivity contribution in [3.63, 3.8) is 0 Å². The minimum atomic E-state index is -5.18. The molecule has 1 rings (SSSR count). The van der Waals surface area contributed by atoms with Crippen molar-refractivity contribution >= 4 is 12.3 Å². The highest BCUT2D eigenvalue weighted by atomic mass is 19.4. The first-order valence-electron chi connectivity index (χ1n) is 4.18. The third-order valence-electron chi connectivity index (χ3n) is 2.19. The molecule has 1 aromatic carbocycles. The Hall–Kier alpha value is -1.85.